The lowest BCUT2D eigenvalue weighted by Gasteiger charge is -2.37. The van der Waals surface area contributed by atoms with Crippen molar-refractivity contribution >= 4 is 10.8 Å². The molecule has 0 aromatic heterocycles. The molecule has 0 amide bonds. The van der Waals surface area contributed by atoms with E-state index in [1.165, 1.54) is 0 Å². The van der Waals surface area contributed by atoms with Gasteiger partial charge in [0.05, 0.1) is 0 Å². The number of rotatable bonds is 3. The van der Waals surface area contributed by atoms with Crippen LogP contribution in [-0.2, 0) is 6.42 Å². The summed E-state index contributed by atoms with van der Waals surface area (Å²) >= 11 is 0. The van der Waals surface area contributed by atoms with Gasteiger partial charge in [-0.1, -0.05) is 63.2 Å². The van der Waals surface area contributed by atoms with E-state index in [0.717, 1.165) is 16.3 Å². The van der Waals surface area contributed by atoms with Crippen LogP contribution >= 0.6 is 0 Å². The third-order valence-electron chi connectivity index (χ3n) is 4.02. The van der Waals surface area contributed by atoms with Crippen LogP contribution in [0.15, 0.2) is 42.5 Å². The van der Waals surface area contributed by atoms with E-state index in [4.69, 9.17) is 5.73 Å². The predicted octanol–water partition coefficient (Wildman–Crippen LogP) is 4.10. The van der Waals surface area contributed by atoms with Crippen LogP contribution in [0.25, 0.3) is 10.8 Å². The van der Waals surface area contributed by atoms with Crippen molar-refractivity contribution in [2.24, 2.45) is 11.1 Å². The van der Waals surface area contributed by atoms with Gasteiger partial charge in [0.1, 0.15) is 5.67 Å². The molecule has 2 aromatic carbocycles. The van der Waals surface area contributed by atoms with E-state index in [9.17, 15) is 0 Å². The summed E-state index contributed by atoms with van der Waals surface area (Å²) in [4.78, 5) is 0. The number of nitrogens with two attached hydrogens (primary N) is 1. The smallest absolute Gasteiger partial charge is 0.132 e. The van der Waals surface area contributed by atoms with Gasteiger partial charge in [0.25, 0.3) is 0 Å². The second-order valence-corrected chi connectivity index (χ2v) is 6.23. The lowest BCUT2D eigenvalue weighted by atomic mass is 9.74. The van der Waals surface area contributed by atoms with E-state index in [0.29, 0.717) is 6.42 Å². The lowest BCUT2D eigenvalue weighted by Crippen LogP contribution is -2.47. The Balaban J connectivity index is 2.46. The molecule has 1 atom stereocenters. The molecule has 0 fully saturated rings. The van der Waals surface area contributed by atoms with Gasteiger partial charge in [-0.3, -0.25) is 0 Å². The Morgan fingerprint density at radius 3 is 2.26 bits per heavy atom. The molecule has 0 radical (unpaired) electrons. The van der Waals surface area contributed by atoms with Crippen molar-refractivity contribution in [3.05, 3.63) is 48.0 Å². The minimum atomic E-state index is -1.39. The zero-order valence-corrected chi connectivity index (χ0v) is 11.9. The molecule has 1 nitrogen and oxygen atoms in total. The standard InChI is InChI=1S/C17H22FN/c1-16(2,3)17(18,12-19)11-14-9-6-8-13-7-4-5-10-15(13)14/h4-10H,11-12,19H2,1-3H3. The topological polar surface area (TPSA) is 26.0 Å². The summed E-state index contributed by atoms with van der Waals surface area (Å²) in [6.45, 7) is 5.76. The summed E-state index contributed by atoms with van der Waals surface area (Å²) in [5, 5.41) is 2.26. The minimum absolute atomic E-state index is 0.0414. The van der Waals surface area contributed by atoms with Crippen molar-refractivity contribution in [1.82, 2.24) is 0 Å². The zero-order chi connectivity index (χ0) is 14.1. The number of hydrogen-bond donors (Lipinski definition) is 1. The monoisotopic (exact) mass is 259 g/mol. The van der Waals surface area contributed by atoms with Crippen molar-refractivity contribution in [2.75, 3.05) is 6.54 Å². The molecule has 1 unspecified atom stereocenters. The highest BCUT2D eigenvalue weighted by Gasteiger charge is 2.41. The van der Waals surface area contributed by atoms with Gasteiger partial charge in [0.15, 0.2) is 0 Å². The van der Waals surface area contributed by atoms with E-state index < -0.39 is 11.1 Å². The first-order chi connectivity index (χ1) is 8.87. The molecule has 0 spiro atoms. The van der Waals surface area contributed by atoms with Crippen LogP contribution in [0.2, 0.25) is 0 Å². The molecule has 0 saturated carbocycles. The lowest BCUT2D eigenvalue weighted by molar-refractivity contribution is 0.0385. The summed E-state index contributed by atoms with van der Waals surface area (Å²) in [5.41, 5.74) is 4.87. The maximum absolute atomic E-state index is 15.1. The molecule has 0 aliphatic heterocycles. The second kappa shape index (κ2) is 4.93. The summed E-state index contributed by atoms with van der Waals surface area (Å²) < 4.78 is 15.1. The number of halogens is 1. The molecule has 0 aliphatic carbocycles. The molecule has 19 heavy (non-hydrogen) atoms. The maximum Gasteiger partial charge on any atom is 0.132 e. The first-order valence-corrected chi connectivity index (χ1v) is 6.73. The molecule has 2 aromatic rings. The fourth-order valence-corrected chi connectivity index (χ4v) is 2.39. The summed E-state index contributed by atoms with van der Waals surface area (Å²) in [6.07, 6.45) is 0.356. The average Bonchev–Trinajstić information content (AvgIpc) is 2.38. The van der Waals surface area contributed by atoms with Gasteiger partial charge >= 0.3 is 0 Å². The molecule has 2 heteroatoms. The number of fused-ring (bicyclic) bond motifs is 1. The van der Waals surface area contributed by atoms with Gasteiger partial charge in [0, 0.05) is 13.0 Å². The van der Waals surface area contributed by atoms with E-state index in [2.05, 4.69) is 12.1 Å². The number of hydrogen-bond acceptors (Lipinski definition) is 1. The van der Waals surface area contributed by atoms with Crippen LogP contribution in [-0.4, -0.2) is 12.2 Å². The van der Waals surface area contributed by atoms with Gasteiger partial charge in [-0.25, -0.2) is 4.39 Å². The van der Waals surface area contributed by atoms with Crippen LogP contribution in [0, 0.1) is 5.41 Å². The van der Waals surface area contributed by atoms with Crippen molar-refractivity contribution in [2.45, 2.75) is 32.9 Å². The Labute approximate surface area is 114 Å². The molecular formula is C17H22FN. The first kappa shape index (κ1) is 14.0. The number of alkyl halides is 1. The molecule has 0 bridgehead atoms. The van der Waals surface area contributed by atoms with Gasteiger partial charge in [0.2, 0.25) is 0 Å². The SMILES string of the molecule is CC(C)(C)C(F)(CN)Cc1cccc2ccccc12. The van der Waals surface area contributed by atoms with Gasteiger partial charge in [-0.05, 0) is 21.8 Å². The van der Waals surface area contributed by atoms with E-state index in [1.807, 2.05) is 51.1 Å². The Kier molecular flexibility index (Phi) is 3.64. The van der Waals surface area contributed by atoms with Crippen molar-refractivity contribution in [1.29, 1.82) is 0 Å². The van der Waals surface area contributed by atoms with E-state index in [-0.39, 0.29) is 6.54 Å². The molecule has 0 heterocycles. The first-order valence-electron chi connectivity index (χ1n) is 6.73. The average molecular weight is 259 g/mol. The Morgan fingerprint density at radius 2 is 1.63 bits per heavy atom. The summed E-state index contributed by atoms with van der Waals surface area (Å²) in [6, 6.07) is 14.1. The predicted molar refractivity (Wildman–Crippen MR) is 80.0 cm³/mol. The third-order valence-corrected chi connectivity index (χ3v) is 4.02. The fraction of sp³-hybridized carbons (Fsp3) is 0.412. The largest absolute Gasteiger partial charge is 0.327 e. The molecule has 0 saturated heterocycles. The Bertz CT molecular complexity index is 565. The molecule has 2 rings (SSSR count). The number of benzene rings is 2. The summed E-state index contributed by atoms with van der Waals surface area (Å²) in [5.74, 6) is 0. The highest BCUT2D eigenvalue weighted by molar-refractivity contribution is 5.85. The van der Waals surface area contributed by atoms with Crippen LogP contribution in [0.3, 0.4) is 0 Å². The van der Waals surface area contributed by atoms with Crippen molar-refractivity contribution < 1.29 is 4.39 Å². The zero-order valence-electron chi connectivity index (χ0n) is 11.9. The Morgan fingerprint density at radius 1 is 1.00 bits per heavy atom. The summed E-state index contributed by atoms with van der Waals surface area (Å²) in [7, 11) is 0. The molecule has 0 aliphatic rings. The quantitative estimate of drug-likeness (QED) is 0.882. The van der Waals surface area contributed by atoms with E-state index in [1.54, 1.807) is 0 Å². The van der Waals surface area contributed by atoms with Gasteiger partial charge in [-0.2, -0.15) is 0 Å². The van der Waals surface area contributed by atoms with Crippen molar-refractivity contribution in [3.63, 3.8) is 0 Å². The highest BCUT2D eigenvalue weighted by atomic mass is 19.1. The van der Waals surface area contributed by atoms with Crippen LogP contribution in [0.4, 0.5) is 4.39 Å². The van der Waals surface area contributed by atoms with Gasteiger partial charge < -0.3 is 5.73 Å². The third kappa shape index (κ3) is 2.64. The van der Waals surface area contributed by atoms with Crippen LogP contribution in [0.5, 0.6) is 0 Å². The van der Waals surface area contributed by atoms with Crippen LogP contribution in [0.1, 0.15) is 26.3 Å². The van der Waals surface area contributed by atoms with Crippen molar-refractivity contribution in [3.8, 4) is 0 Å². The fourth-order valence-electron chi connectivity index (χ4n) is 2.39. The van der Waals surface area contributed by atoms with Crippen LogP contribution < -0.4 is 5.73 Å². The van der Waals surface area contributed by atoms with E-state index >= 15 is 4.39 Å². The normalized spacial score (nSPS) is 15.4. The molecular weight excluding hydrogens is 237 g/mol. The van der Waals surface area contributed by atoms with Gasteiger partial charge in [-0.15, -0.1) is 0 Å². The molecule has 2 N–H and O–H groups in total. The minimum Gasteiger partial charge on any atom is -0.327 e. The Hall–Kier alpha value is -1.41. The molecule has 102 valence electrons. The second-order valence-electron chi connectivity index (χ2n) is 6.23. The highest BCUT2D eigenvalue weighted by Crippen LogP contribution is 2.37. The maximum atomic E-state index is 15.1.